The molecule has 1 rings (SSSR count). The molecule has 12 heavy (non-hydrogen) atoms. The minimum atomic E-state index is -0.459. The van der Waals surface area contributed by atoms with Gasteiger partial charge in [-0.25, -0.2) is 0 Å². The van der Waals surface area contributed by atoms with Gasteiger partial charge in [-0.15, -0.1) is 6.58 Å². The molecule has 2 heteroatoms. The van der Waals surface area contributed by atoms with Gasteiger partial charge in [0.2, 0.25) is 0 Å². The molecule has 1 N–H and O–H groups in total. The van der Waals surface area contributed by atoms with Crippen LogP contribution in [-0.4, -0.2) is 22.2 Å². The molecule has 0 radical (unpaired) electrons. The van der Waals surface area contributed by atoms with Gasteiger partial charge in [0.1, 0.15) is 0 Å². The van der Waals surface area contributed by atoms with Crippen molar-refractivity contribution in [3.8, 4) is 0 Å². The van der Waals surface area contributed by atoms with Crippen LogP contribution < -0.4 is 0 Å². The molecule has 70 valence electrons. The zero-order valence-corrected chi connectivity index (χ0v) is 8.57. The molecule has 1 saturated carbocycles. The molecular weight excluding hydrogens is 168 g/mol. The highest BCUT2D eigenvalue weighted by atomic mass is 32.2. The highest BCUT2D eigenvalue weighted by molar-refractivity contribution is 7.99. The molecule has 1 aliphatic carbocycles. The van der Waals surface area contributed by atoms with Crippen molar-refractivity contribution in [3.05, 3.63) is 12.7 Å². The van der Waals surface area contributed by atoms with Gasteiger partial charge in [-0.1, -0.05) is 18.9 Å². The van der Waals surface area contributed by atoms with Gasteiger partial charge in [-0.2, -0.15) is 11.8 Å². The molecule has 0 aromatic carbocycles. The van der Waals surface area contributed by atoms with Crippen LogP contribution in [0.5, 0.6) is 0 Å². The Morgan fingerprint density at radius 2 is 2.42 bits per heavy atom. The van der Waals surface area contributed by atoms with Gasteiger partial charge in [-0.3, -0.25) is 0 Å². The summed E-state index contributed by atoms with van der Waals surface area (Å²) >= 11 is 1.79. The maximum atomic E-state index is 10.2. The fourth-order valence-corrected chi connectivity index (χ4v) is 3.07. The van der Waals surface area contributed by atoms with E-state index in [1.54, 1.807) is 11.8 Å². The van der Waals surface area contributed by atoms with Crippen molar-refractivity contribution in [2.75, 3.05) is 6.26 Å². The molecule has 1 aliphatic rings. The van der Waals surface area contributed by atoms with Crippen LogP contribution in [0, 0.1) is 0 Å². The third kappa shape index (κ3) is 2.05. The van der Waals surface area contributed by atoms with E-state index < -0.39 is 5.60 Å². The average Bonchev–Trinajstić information content (AvgIpc) is 2.05. The van der Waals surface area contributed by atoms with E-state index >= 15 is 0 Å². The summed E-state index contributed by atoms with van der Waals surface area (Å²) in [4.78, 5) is 0. The van der Waals surface area contributed by atoms with E-state index in [-0.39, 0.29) is 0 Å². The molecule has 0 aliphatic heterocycles. The second-order valence-electron chi connectivity index (χ2n) is 3.57. The molecule has 0 heterocycles. The van der Waals surface area contributed by atoms with Crippen molar-refractivity contribution < 1.29 is 5.11 Å². The summed E-state index contributed by atoms with van der Waals surface area (Å²) in [6.45, 7) is 3.70. The van der Waals surface area contributed by atoms with Gasteiger partial charge in [0.25, 0.3) is 0 Å². The molecule has 0 amide bonds. The normalized spacial score (nSPS) is 36.3. The molecule has 0 aromatic heterocycles. The predicted molar refractivity (Wildman–Crippen MR) is 55.5 cm³/mol. The van der Waals surface area contributed by atoms with Crippen molar-refractivity contribution in [1.82, 2.24) is 0 Å². The number of rotatable bonds is 3. The quantitative estimate of drug-likeness (QED) is 0.684. The zero-order valence-electron chi connectivity index (χ0n) is 7.75. The molecule has 2 atom stereocenters. The molecular formula is C10H18OS. The van der Waals surface area contributed by atoms with Gasteiger partial charge < -0.3 is 5.11 Å². The summed E-state index contributed by atoms with van der Waals surface area (Å²) in [6.07, 6.45) is 9.22. The minimum Gasteiger partial charge on any atom is -0.388 e. The summed E-state index contributed by atoms with van der Waals surface area (Å²) in [6, 6.07) is 0. The first kappa shape index (κ1) is 10.1. The Bertz CT molecular complexity index is 158. The van der Waals surface area contributed by atoms with E-state index in [2.05, 4.69) is 12.8 Å². The van der Waals surface area contributed by atoms with E-state index in [0.717, 1.165) is 19.3 Å². The Labute approximate surface area is 79.2 Å². The standard InChI is InChI=1S/C10H18OS/c1-3-7-10(11)8-5-4-6-9(10)12-2/h3,9,11H,1,4-8H2,2H3. The van der Waals surface area contributed by atoms with Crippen LogP contribution in [0.1, 0.15) is 32.1 Å². The lowest BCUT2D eigenvalue weighted by Crippen LogP contribution is -2.42. The number of hydrogen-bond donors (Lipinski definition) is 1. The number of aliphatic hydroxyl groups is 1. The Kier molecular flexibility index (Phi) is 3.66. The van der Waals surface area contributed by atoms with E-state index in [0.29, 0.717) is 5.25 Å². The summed E-state index contributed by atoms with van der Waals surface area (Å²) in [7, 11) is 0. The van der Waals surface area contributed by atoms with Crippen molar-refractivity contribution in [2.45, 2.75) is 43.0 Å². The predicted octanol–water partition coefficient (Wildman–Crippen LogP) is 2.60. The van der Waals surface area contributed by atoms with Gasteiger partial charge in [-0.05, 0) is 25.5 Å². The van der Waals surface area contributed by atoms with E-state index in [1.807, 2.05) is 6.08 Å². The van der Waals surface area contributed by atoms with E-state index in [1.165, 1.54) is 12.8 Å². The van der Waals surface area contributed by atoms with Crippen LogP contribution in [0.15, 0.2) is 12.7 Å². The Morgan fingerprint density at radius 1 is 1.67 bits per heavy atom. The highest BCUT2D eigenvalue weighted by Crippen LogP contribution is 2.37. The third-order valence-electron chi connectivity index (χ3n) is 2.71. The second kappa shape index (κ2) is 4.33. The minimum absolute atomic E-state index is 0.421. The Hall–Kier alpha value is 0.0500. The van der Waals surface area contributed by atoms with Gasteiger partial charge in [0.05, 0.1) is 5.60 Å². The van der Waals surface area contributed by atoms with Crippen LogP contribution in [0.3, 0.4) is 0 Å². The first-order valence-electron chi connectivity index (χ1n) is 4.59. The largest absolute Gasteiger partial charge is 0.388 e. The Morgan fingerprint density at radius 3 is 3.00 bits per heavy atom. The second-order valence-corrected chi connectivity index (χ2v) is 4.61. The molecule has 0 spiro atoms. The van der Waals surface area contributed by atoms with Crippen molar-refractivity contribution in [2.24, 2.45) is 0 Å². The molecule has 0 aromatic rings. The van der Waals surface area contributed by atoms with Crippen molar-refractivity contribution in [3.63, 3.8) is 0 Å². The average molecular weight is 186 g/mol. The molecule has 0 bridgehead atoms. The van der Waals surface area contributed by atoms with Gasteiger partial charge in [0, 0.05) is 5.25 Å². The number of hydrogen-bond acceptors (Lipinski definition) is 2. The topological polar surface area (TPSA) is 20.2 Å². The van der Waals surface area contributed by atoms with Crippen LogP contribution in [-0.2, 0) is 0 Å². The van der Waals surface area contributed by atoms with Crippen molar-refractivity contribution >= 4 is 11.8 Å². The fraction of sp³-hybridized carbons (Fsp3) is 0.800. The summed E-state index contributed by atoms with van der Waals surface area (Å²) in [5.41, 5.74) is -0.459. The van der Waals surface area contributed by atoms with Crippen LogP contribution in [0.25, 0.3) is 0 Å². The first-order valence-corrected chi connectivity index (χ1v) is 5.88. The molecule has 0 saturated heterocycles. The molecule has 2 unspecified atom stereocenters. The smallest absolute Gasteiger partial charge is 0.0799 e. The summed E-state index contributed by atoms with van der Waals surface area (Å²) in [5.74, 6) is 0. The van der Waals surface area contributed by atoms with Crippen LogP contribution in [0.4, 0.5) is 0 Å². The lowest BCUT2D eigenvalue weighted by atomic mass is 9.82. The molecule has 1 nitrogen and oxygen atoms in total. The van der Waals surface area contributed by atoms with Crippen LogP contribution in [0.2, 0.25) is 0 Å². The van der Waals surface area contributed by atoms with Crippen molar-refractivity contribution in [1.29, 1.82) is 0 Å². The van der Waals surface area contributed by atoms with Crippen LogP contribution >= 0.6 is 11.8 Å². The number of thioether (sulfide) groups is 1. The van der Waals surface area contributed by atoms with Gasteiger partial charge >= 0.3 is 0 Å². The summed E-state index contributed by atoms with van der Waals surface area (Å²) < 4.78 is 0. The van der Waals surface area contributed by atoms with Gasteiger partial charge in [0.15, 0.2) is 0 Å². The lowest BCUT2D eigenvalue weighted by molar-refractivity contribution is 0.0137. The summed E-state index contributed by atoms with van der Waals surface area (Å²) in [5, 5.41) is 10.7. The molecule has 1 fully saturated rings. The lowest BCUT2D eigenvalue weighted by Gasteiger charge is -2.38. The maximum absolute atomic E-state index is 10.2. The first-order chi connectivity index (χ1) is 5.73. The van der Waals surface area contributed by atoms with E-state index in [9.17, 15) is 5.11 Å². The van der Waals surface area contributed by atoms with E-state index in [4.69, 9.17) is 0 Å². The fourth-order valence-electron chi connectivity index (χ4n) is 2.01. The maximum Gasteiger partial charge on any atom is 0.0799 e. The third-order valence-corrected chi connectivity index (χ3v) is 3.95. The SMILES string of the molecule is C=CCC1(O)CCCCC1SC. The Balaban J connectivity index is 2.61. The highest BCUT2D eigenvalue weighted by Gasteiger charge is 2.36. The zero-order chi connectivity index (χ0) is 9.03. The monoisotopic (exact) mass is 186 g/mol.